The number of carbonyl (C=O) groups is 1. The van der Waals surface area contributed by atoms with E-state index >= 15 is 0 Å². The van der Waals surface area contributed by atoms with E-state index in [1.54, 1.807) is 0 Å². The van der Waals surface area contributed by atoms with Crippen LogP contribution in [0.25, 0.3) is 0 Å². The molecule has 4 nitrogen and oxygen atoms in total. The summed E-state index contributed by atoms with van der Waals surface area (Å²) >= 11 is 0. The maximum absolute atomic E-state index is 12.5. The predicted octanol–water partition coefficient (Wildman–Crippen LogP) is 2.45. The van der Waals surface area contributed by atoms with Gasteiger partial charge in [0, 0.05) is 19.6 Å². The molecule has 1 saturated carbocycles. The minimum atomic E-state index is -0.607. The molecule has 2 aliphatic rings. The van der Waals surface area contributed by atoms with Crippen LogP contribution in [-0.2, 0) is 4.79 Å². The van der Waals surface area contributed by atoms with E-state index in [-0.39, 0.29) is 11.9 Å². The predicted molar refractivity (Wildman–Crippen MR) is 85.2 cm³/mol. The highest BCUT2D eigenvalue weighted by Crippen LogP contribution is 2.26. The minimum Gasteiger partial charge on any atom is -0.389 e. The summed E-state index contributed by atoms with van der Waals surface area (Å²) in [6.07, 6.45) is 11.1. The highest BCUT2D eigenvalue weighted by atomic mass is 16.3. The number of nitrogens with zero attached hydrogens (tertiary/aromatic N) is 1. The van der Waals surface area contributed by atoms with Crippen LogP contribution in [0.5, 0.6) is 0 Å². The lowest BCUT2D eigenvalue weighted by Crippen LogP contribution is -2.50. The quantitative estimate of drug-likeness (QED) is 0.784. The van der Waals surface area contributed by atoms with E-state index in [1.807, 2.05) is 11.8 Å². The molecule has 0 bridgehead atoms. The number of hydrogen-bond donors (Lipinski definition) is 2. The molecule has 0 spiro atoms. The Balaban J connectivity index is 1.79. The third kappa shape index (κ3) is 5.26. The van der Waals surface area contributed by atoms with Crippen LogP contribution in [0.1, 0.15) is 71.1 Å². The third-order valence-electron chi connectivity index (χ3n) is 5.06. The van der Waals surface area contributed by atoms with Gasteiger partial charge in [-0.2, -0.15) is 0 Å². The van der Waals surface area contributed by atoms with Crippen LogP contribution in [0.4, 0.5) is 0 Å². The van der Waals surface area contributed by atoms with E-state index in [9.17, 15) is 9.90 Å². The fourth-order valence-electron chi connectivity index (χ4n) is 3.56. The van der Waals surface area contributed by atoms with Crippen LogP contribution < -0.4 is 5.32 Å². The first-order chi connectivity index (χ1) is 10.1. The highest BCUT2D eigenvalue weighted by Gasteiger charge is 2.29. The van der Waals surface area contributed by atoms with Gasteiger partial charge < -0.3 is 15.3 Å². The Labute approximate surface area is 129 Å². The van der Waals surface area contributed by atoms with Gasteiger partial charge in [-0.1, -0.05) is 38.5 Å². The van der Waals surface area contributed by atoms with Crippen LogP contribution in [0.15, 0.2) is 0 Å². The Morgan fingerprint density at radius 3 is 2.14 bits per heavy atom. The van der Waals surface area contributed by atoms with Crippen LogP contribution >= 0.6 is 0 Å². The molecule has 1 aliphatic heterocycles. The van der Waals surface area contributed by atoms with Crippen LogP contribution in [-0.4, -0.2) is 47.2 Å². The monoisotopic (exact) mass is 296 g/mol. The highest BCUT2D eigenvalue weighted by molar-refractivity contribution is 5.81. The van der Waals surface area contributed by atoms with E-state index in [1.165, 1.54) is 25.7 Å². The van der Waals surface area contributed by atoms with Gasteiger partial charge in [0.05, 0.1) is 11.6 Å². The summed E-state index contributed by atoms with van der Waals surface area (Å²) in [6.45, 7) is 4.28. The summed E-state index contributed by atoms with van der Waals surface area (Å²) in [4.78, 5) is 14.5. The molecule has 1 saturated heterocycles. The Morgan fingerprint density at radius 1 is 1.05 bits per heavy atom. The van der Waals surface area contributed by atoms with Gasteiger partial charge in [0.1, 0.15) is 0 Å². The van der Waals surface area contributed by atoms with Gasteiger partial charge >= 0.3 is 0 Å². The molecule has 1 atom stereocenters. The largest absolute Gasteiger partial charge is 0.389 e. The average molecular weight is 296 g/mol. The normalized spacial score (nSPS) is 25.0. The van der Waals surface area contributed by atoms with E-state index in [4.69, 9.17) is 0 Å². The van der Waals surface area contributed by atoms with Crippen LogP contribution in [0.3, 0.4) is 0 Å². The van der Waals surface area contributed by atoms with Gasteiger partial charge in [-0.15, -0.1) is 0 Å². The van der Waals surface area contributed by atoms with Gasteiger partial charge in [0.2, 0.25) is 5.91 Å². The third-order valence-corrected chi connectivity index (χ3v) is 5.06. The van der Waals surface area contributed by atoms with Crippen molar-refractivity contribution in [1.82, 2.24) is 10.2 Å². The lowest BCUT2D eigenvalue weighted by atomic mass is 9.94. The number of amides is 1. The molecule has 21 heavy (non-hydrogen) atoms. The molecule has 0 aromatic carbocycles. The van der Waals surface area contributed by atoms with E-state index < -0.39 is 5.60 Å². The maximum Gasteiger partial charge on any atom is 0.239 e. The molecule has 2 fully saturated rings. The first-order valence-corrected chi connectivity index (χ1v) is 8.85. The summed E-state index contributed by atoms with van der Waals surface area (Å²) in [5.41, 5.74) is -0.607. The molecule has 0 aromatic rings. The summed E-state index contributed by atoms with van der Waals surface area (Å²) < 4.78 is 0. The molecule has 1 amide bonds. The standard InChI is InChI=1S/C17H32N2O2/c1-15(16(20)19-12-8-4-5-9-13-19)18-14-17(21)10-6-2-3-7-11-17/h15,18,21H,2-14H2,1H3. The van der Waals surface area contributed by atoms with Crippen molar-refractivity contribution < 1.29 is 9.90 Å². The zero-order chi connectivity index (χ0) is 15.1. The molecule has 122 valence electrons. The smallest absolute Gasteiger partial charge is 0.239 e. The molecule has 0 radical (unpaired) electrons. The summed E-state index contributed by atoms with van der Waals surface area (Å²) in [5, 5.41) is 13.9. The Morgan fingerprint density at radius 2 is 1.57 bits per heavy atom. The lowest BCUT2D eigenvalue weighted by Gasteiger charge is -2.30. The first-order valence-electron chi connectivity index (χ1n) is 8.85. The number of carbonyl (C=O) groups excluding carboxylic acids is 1. The van der Waals surface area contributed by atoms with Gasteiger partial charge in [-0.05, 0) is 32.6 Å². The number of nitrogens with one attached hydrogen (secondary N) is 1. The van der Waals surface area contributed by atoms with Gasteiger partial charge in [-0.25, -0.2) is 0 Å². The van der Waals surface area contributed by atoms with Crippen molar-refractivity contribution in [3.8, 4) is 0 Å². The van der Waals surface area contributed by atoms with E-state index in [0.29, 0.717) is 6.54 Å². The summed E-state index contributed by atoms with van der Waals surface area (Å²) in [7, 11) is 0. The van der Waals surface area contributed by atoms with Crippen LogP contribution in [0, 0.1) is 0 Å². The molecule has 4 heteroatoms. The van der Waals surface area contributed by atoms with Crippen molar-refractivity contribution in [2.75, 3.05) is 19.6 Å². The molecular weight excluding hydrogens is 264 g/mol. The maximum atomic E-state index is 12.5. The summed E-state index contributed by atoms with van der Waals surface area (Å²) in [5.74, 6) is 0.203. The molecule has 1 aliphatic carbocycles. The number of aliphatic hydroxyl groups is 1. The Bertz CT molecular complexity index is 317. The fourth-order valence-corrected chi connectivity index (χ4v) is 3.56. The van der Waals surface area contributed by atoms with Crippen LogP contribution in [0.2, 0.25) is 0 Å². The topological polar surface area (TPSA) is 52.6 Å². The van der Waals surface area contributed by atoms with Gasteiger partial charge in [0.25, 0.3) is 0 Å². The minimum absolute atomic E-state index is 0.185. The van der Waals surface area contributed by atoms with Crippen molar-refractivity contribution >= 4 is 5.91 Å². The second kappa shape index (κ2) is 8.14. The van der Waals surface area contributed by atoms with Crippen molar-refractivity contribution in [3.05, 3.63) is 0 Å². The number of likely N-dealkylation sites (tertiary alicyclic amines) is 1. The number of hydrogen-bond acceptors (Lipinski definition) is 3. The molecule has 1 heterocycles. The number of rotatable bonds is 4. The van der Waals surface area contributed by atoms with Gasteiger partial charge in [0.15, 0.2) is 0 Å². The second-order valence-corrected chi connectivity index (χ2v) is 6.98. The SMILES string of the molecule is CC(NCC1(O)CCCCCC1)C(=O)N1CCCCCC1. The molecular formula is C17H32N2O2. The van der Waals surface area contributed by atoms with Gasteiger partial charge in [-0.3, -0.25) is 4.79 Å². The zero-order valence-corrected chi connectivity index (χ0v) is 13.6. The lowest BCUT2D eigenvalue weighted by molar-refractivity contribution is -0.133. The van der Waals surface area contributed by atoms with Crippen molar-refractivity contribution in [2.45, 2.75) is 82.8 Å². The Kier molecular flexibility index (Phi) is 6.49. The first kappa shape index (κ1) is 16.8. The zero-order valence-electron chi connectivity index (χ0n) is 13.6. The molecule has 2 rings (SSSR count). The molecule has 0 aromatic heterocycles. The van der Waals surface area contributed by atoms with E-state index in [2.05, 4.69) is 5.32 Å². The van der Waals surface area contributed by atoms with E-state index in [0.717, 1.165) is 51.6 Å². The molecule has 2 N–H and O–H groups in total. The van der Waals surface area contributed by atoms with Crippen molar-refractivity contribution in [3.63, 3.8) is 0 Å². The van der Waals surface area contributed by atoms with Crippen molar-refractivity contribution in [1.29, 1.82) is 0 Å². The average Bonchev–Trinajstić information content (AvgIpc) is 2.87. The van der Waals surface area contributed by atoms with Crippen molar-refractivity contribution in [2.24, 2.45) is 0 Å². The molecule has 1 unspecified atom stereocenters. The Hall–Kier alpha value is -0.610. The summed E-state index contributed by atoms with van der Waals surface area (Å²) in [6, 6.07) is -0.185. The fraction of sp³-hybridized carbons (Fsp3) is 0.941. The second-order valence-electron chi connectivity index (χ2n) is 6.98.